The zero-order valence-corrected chi connectivity index (χ0v) is 12.7. The number of nitrogens with one attached hydrogen (secondary N) is 1. The lowest BCUT2D eigenvalue weighted by molar-refractivity contribution is -0.139. The summed E-state index contributed by atoms with van der Waals surface area (Å²) in [6.07, 6.45) is -4.81. The Balaban J connectivity index is 1.75. The molecule has 0 radical (unpaired) electrons. The van der Waals surface area contributed by atoms with Gasteiger partial charge in [0.25, 0.3) is 0 Å². The molecular weight excluding hydrogens is 340 g/mol. The molecule has 128 valence electrons. The number of halogens is 4. The lowest BCUT2D eigenvalue weighted by Crippen LogP contribution is -2.07. The van der Waals surface area contributed by atoms with E-state index in [1.54, 1.807) is 11.6 Å². The molecule has 2 aromatic heterocycles. The van der Waals surface area contributed by atoms with Crippen molar-refractivity contribution in [3.8, 4) is 0 Å². The van der Waals surface area contributed by atoms with E-state index < -0.39 is 17.6 Å². The van der Waals surface area contributed by atoms with E-state index in [0.717, 1.165) is 11.0 Å². The highest BCUT2D eigenvalue weighted by molar-refractivity contribution is 5.80. The van der Waals surface area contributed by atoms with Crippen LogP contribution in [0.2, 0.25) is 0 Å². The van der Waals surface area contributed by atoms with Gasteiger partial charge in [-0.25, -0.2) is 9.37 Å². The summed E-state index contributed by atoms with van der Waals surface area (Å²) in [6.45, 7) is 0. The van der Waals surface area contributed by atoms with Crippen molar-refractivity contribution >= 4 is 34.1 Å². The first kappa shape index (κ1) is 15.4. The van der Waals surface area contributed by atoms with E-state index in [-0.39, 0.29) is 17.1 Å². The van der Waals surface area contributed by atoms with Gasteiger partial charge in [0.05, 0.1) is 16.6 Å². The van der Waals surface area contributed by atoms with E-state index in [0.29, 0.717) is 18.1 Å². The third kappa shape index (κ3) is 2.57. The molecule has 0 aliphatic heterocycles. The monoisotopic (exact) mass is 350 g/mol. The number of anilines is 2. The molecule has 0 fully saturated rings. The van der Waals surface area contributed by atoms with Crippen molar-refractivity contribution in [2.24, 2.45) is 7.05 Å². The molecule has 9 heteroatoms. The molecular formula is C16H10F4N4O. The van der Waals surface area contributed by atoms with Crippen molar-refractivity contribution < 1.29 is 22.0 Å². The fraction of sp³-hybridized carbons (Fsp3) is 0.125. The van der Waals surface area contributed by atoms with Crippen LogP contribution in [0.4, 0.5) is 29.5 Å². The Morgan fingerprint density at radius 3 is 2.56 bits per heavy atom. The van der Waals surface area contributed by atoms with Gasteiger partial charge < -0.3 is 8.98 Å². The van der Waals surface area contributed by atoms with Crippen LogP contribution in [0.5, 0.6) is 0 Å². The summed E-state index contributed by atoms with van der Waals surface area (Å²) in [5.74, 6) is -1.01. The zero-order chi connectivity index (χ0) is 17.8. The van der Waals surface area contributed by atoms with Gasteiger partial charge in [0.1, 0.15) is 11.3 Å². The Kier molecular flexibility index (Phi) is 3.21. The number of fused-ring (bicyclic) bond motifs is 2. The second-order valence-electron chi connectivity index (χ2n) is 5.42. The molecule has 5 nitrogen and oxygen atoms in total. The molecule has 4 aromatic rings. The molecule has 0 amide bonds. The smallest absolute Gasteiger partial charge is 0.419 e. The standard InChI is InChI=1S/C16H10F4N4O/c1-24-12-5-3-2-4-10(12)21-14(24)23-15-22-11-7-9(17)8(16(18,19)20)6-13(11)25-15/h2-7H,1H3,(H,21,22,23). The predicted molar refractivity (Wildman–Crippen MR) is 83.0 cm³/mol. The van der Waals surface area contributed by atoms with Gasteiger partial charge in [0.2, 0.25) is 5.95 Å². The Bertz CT molecular complexity index is 1100. The summed E-state index contributed by atoms with van der Waals surface area (Å²) in [6, 6.07) is 8.59. The third-order valence-corrected chi connectivity index (χ3v) is 3.79. The summed E-state index contributed by atoms with van der Waals surface area (Å²) >= 11 is 0. The Morgan fingerprint density at radius 2 is 1.84 bits per heavy atom. The van der Waals surface area contributed by atoms with Gasteiger partial charge in [0, 0.05) is 13.1 Å². The summed E-state index contributed by atoms with van der Waals surface area (Å²) in [5.41, 5.74) is -0.00675. The second-order valence-corrected chi connectivity index (χ2v) is 5.42. The molecule has 25 heavy (non-hydrogen) atoms. The number of oxazole rings is 1. The van der Waals surface area contributed by atoms with Gasteiger partial charge in [-0.1, -0.05) is 12.1 Å². The number of benzene rings is 2. The van der Waals surface area contributed by atoms with Crippen molar-refractivity contribution in [2.75, 3.05) is 5.32 Å². The highest BCUT2D eigenvalue weighted by Gasteiger charge is 2.35. The topological polar surface area (TPSA) is 55.9 Å². The van der Waals surface area contributed by atoms with Gasteiger partial charge in [-0.05, 0) is 18.2 Å². The molecule has 0 aliphatic rings. The van der Waals surface area contributed by atoms with Crippen LogP contribution >= 0.6 is 0 Å². The van der Waals surface area contributed by atoms with Crippen LogP contribution in [0, 0.1) is 5.82 Å². The molecule has 0 saturated heterocycles. The summed E-state index contributed by atoms with van der Waals surface area (Å²) < 4.78 is 58.9. The van der Waals surface area contributed by atoms with Crippen LogP contribution in [-0.2, 0) is 13.2 Å². The van der Waals surface area contributed by atoms with Gasteiger partial charge in [0.15, 0.2) is 5.58 Å². The molecule has 0 atom stereocenters. The summed E-state index contributed by atoms with van der Waals surface area (Å²) in [5, 5.41) is 2.80. The molecule has 0 unspecified atom stereocenters. The second kappa shape index (κ2) is 5.20. The number of alkyl halides is 3. The Hall–Kier alpha value is -3.10. The normalized spacial score (nSPS) is 12.2. The third-order valence-electron chi connectivity index (χ3n) is 3.79. The van der Waals surface area contributed by atoms with Crippen LogP contribution in [0.15, 0.2) is 40.8 Å². The molecule has 0 spiro atoms. The predicted octanol–water partition coefficient (Wildman–Crippen LogP) is 4.62. The van der Waals surface area contributed by atoms with E-state index in [2.05, 4.69) is 15.3 Å². The van der Waals surface area contributed by atoms with E-state index in [1.165, 1.54) is 0 Å². The van der Waals surface area contributed by atoms with Crippen molar-refractivity contribution in [1.29, 1.82) is 0 Å². The fourth-order valence-corrected chi connectivity index (χ4v) is 2.57. The Morgan fingerprint density at radius 1 is 1.08 bits per heavy atom. The van der Waals surface area contributed by atoms with Gasteiger partial charge >= 0.3 is 12.2 Å². The average Bonchev–Trinajstić information content (AvgIpc) is 3.07. The van der Waals surface area contributed by atoms with Crippen LogP contribution in [0.3, 0.4) is 0 Å². The number of hydrogen-bond donors (Lipinski definition) is 1. The number of aromatic nitrogens is 3. The van der Waals surface area contributed by atoms with Gasteiger partial charge in [-0.3, -0.25) is 5.32 Å². The quantitative estimate of drug-likeness (QED) is 0.536. The van der Waals surface area contributed by atoms with Crippen LogP contribution in [-0.4, -0.2) is 14.5 Å². The van der Waals surface area contributed by atoms with Crippen molar-refractivity contribution in [2.45, 2.75) is 6.18 Å². The summed E-state index contributed by atoms with van der Waals surface area (Å²) in [7, 11) is 1.77. The molecule has 2 aromatic carbocycles. The molecule has 1 N–H and O–H groups in total. The minimum absolute atomic E-state index is 0.0215. The number of para-hydroxylation sites is 2. The van der Waals surface area contributed by atoms with Gasteiger partial charge in [-0.15, -0.1) is 0 Å². The first-order valence-electron chi connectivity index (χ1n) is 7.19. The average molecular weight is 350 g/mol. The SMILES string of the molecule is Cn1c(Nc2nc3cc(F)c(C(F)(F)F)cc3o2)nc2ccccc21. The number of imidazole rings is 1. The van der Waals surface area contributed by atoms with E-state index in [4.69, 9.17) is 4.42 Å². The van der Waals surface area contributed by atoms with E-state index in [9.17, 15) is 17.6 Å². The maximum absolute atomic E-state index is 13.6. The first-order chi connectivity index (χ1) is 11.8. The van der Waals surface area contributed by atoms with Crippen LogP contribution in [0.25, 0.3) is 22.1 Å². The van der Waals surface area contributed by atoms with E-state index in [1.807, 2.05) is 24.3 Å². The van der Waals surface area contributed by atoms with Crippen molar-refractivity contribution in [3.63, 3.8) is 0 Å². The largest absolute Gasteiger partial charge is 0.423 e. The maximum Gasteiger partial charge on any atom is 0.419 e. The summed E-state index contributed by atoms with van der Waals surface area (Å²) in [4.78, 5) is 8.31. The number of rotatable bonds is 2. The minimum atomic E-state index is -4.81. The van der Waals surface area contributed by atoms with Crippen molar-refractivity contribution in [1.82, 2.24) is 14.5 Å². The first-order valence-corrected chi connectivity index (χ1v) is 7.19. The lowest BCUT2D eigenvalue weighted by atomic mass is 10.2. The highest BCUT2D eigenvalue weighted by Crippen LogP contribution is 2.34. The minimum Gasteiger partial charge on any atom is -0.423 e. The van der Waals surface area contributed by atoms with Crippen LogP contribution in [0.1, 0.15) is 5.56 Å². The molecule has 0 aliphatic carbocycles. The zero-order valence-electron chi connectivity index (χ0n) is 12.7. The van der Waals surface area contributed by atoms with Gasteiger partial charge in [-0.2, -0.15) is 18.2 Å². The van der Waals surface area contributed by atoms with E-state index >= 15 is 0 Å². The Labute approximate surface area is 137 Å². The van der Waals surface area contributed by atoms with Crippen LogP contribution < -0.4 is 5.32 Å². The number of aryl methyl sites for hydroxylation is 1. The number of hydrogen-bond acceptors (Lipinski definition) is 4. The fourth-order valence-electron chi connectivity index (χ4n) is 2.57. The molecule has 0 saturated carbocycles. The number of nitrogens with zero attached hydrogens (tertiary/aromatic N) is 3. The molecule has 0 bridgehead atoms. The van der Waals surface area contributed by atoms with Crippen molar-refractivity contribution in [3.05, 3.63) is 47.8 Å². The molecule has 2 heterocycles. The lowest BCUT2D eigenvalue weighted by Gasteiger charge is -2.06. The maximum atomic E-state index is 13.6. The highest BCUT2D eigenvalue weighted by atomic mass is 19.4. The molecule has 4 rings (SSSR count).